The number of carbonyl (C=O) groups excluding carboxylic acids is 1. The number of fused-ring (bicyclic) bond motifs is 1. The molecular weight excluding hydrogens is 546 g/mol. The summed E-state index contributed by atoms with van der Waals surface area (Å²) in [5.41, 5.74) is 2.82. The Morgan fingerprint density at radius 1 is 1.07 bits per heavy atom. The summed E-state index contributed by atoms with van der Waals surface area (Å²) in [6.07, 6.45) is 4.25. The largest absolute Gasteiger partial charge is 0.490 e. The van der Waals surface area contributed by atoms with Crippen LogP contribution in [0.5, 0.6) is 11.5 Å². The van der Waals surface area contributed by atoms with Gasteiger partial charge in [-0.15, -0.1) is 0 Å². The van der Waals surface area contributed by atoms with Gasteiger partial charge in [0.15, 0.2) is 5.75 Å². The molecule has 0 spiro atoms. The number of anilines is 3. The van der Waals surface area contributed by atoms with Gasteiger partial charge in [-0.25, -0.2) is 9.97 Å². The van der Waals surface area contributed by atoms with Crippen LogP contribution in [0, 0.1) is 0 Å². The third-order valence-corrected chi connectivity index (χ3v) is 6.97. The third-order valence-electron chi connectivity index (χ3n) is 6.97. The van der Waals surface area contributed by atoms with Crippen molar-refractivity contribution in [3.63, 3.8) is 0 Å². The molecule has 1 aliphatic rings. The van der Waals surface area contributed by atoms with E-state index >= 15 is 0 Å². The molecule has 0 radical (unpaired) electrons. The lowest BCUT2D eigenvalue weighted by Crippen LogP contribution is -2.45. The number of halogens is 2. The van der Waals surface area contributed by atoms with Crippen LogP contribution in [0.1, 0.15) is 0 Å². The highest BCUT2D eigenvalue weighted by atomic mass is 19.3. The molecule has 0 saturated carbocycles. The van der Waals surface area contributed by atoms with Crippen molar-refractivity contribution in [2.24, 2.45) is 7.05 Å². The van der Waals surface area contributed by atoms with Crippen LogP contribution in [0.2, 0.25) is 0 Å². The fraction of sp³-hybridized carbons (Fsp3) is 0.310. The maximum absolute atomic E-state index is 13.5. The molecule has 11 nitrogen and oxygen atoms in total. The summed E-state index contributed by atoms with van der Waals surface area (Å²) in [5, 5.41) is 10.9. The van der Waals surface area contributed by atoms with E-state index in [1.807, 2.05) is 25.2 Å². The van der Waals surface area contributed by atoms with E-state index in [0.717, 1.165) is 48.7 Å². The lowest BCUT2D eigenvalue weighted by atomic mass is 10.1. The average molecular weight is 579 g/mol. The zero-order chi connectivity index (χ0) is 29.6. The minimum atomic E-state index is -3.09. The first-order valence-electron chi connectivity index (χ1n) is 13.4. The Morgan fingerprint density at radius 2 is 1.88 bits per heavy atom. The van der Waals surface area contributed by atoms with E-state index in [1.54, 1.807) is 16.9 Å². The van der Waals surface area contributed by atoms with E-state index < -0.39 is 12.5 Å². The topological polar surface area (TPSA) is 110 Å². The van der Waals surface area contributed by atoms with Crippen LogP contribution < -0.4 is 20.1 Å². The average Bonchev–Trinajstić information content (AvgIpc) is 3.35. The van der Waals surface area contributed by atoms with E-state index in [4.69, 9.17) is 9.47 Å². The van der Waals surface area contributed by atoms with Gasteiger partial charge in [-0.05, 0) is 31.3 Å². The van der Waals surface area contributed by atoms with Gasteiger partial charge in [-0.1, -0.05) is 12.6 Å². The number of rotatable bonds is 11. The molecule has 5 rings (SSSR count). The predicted molar refractivity (Wildman–Crippen MR) is 156 cm³/mol. The lowest BCUT2D eigenvalue weighted by molar-refractivity contribution is -0.111. The summed E-state index contributed by atoms with van der Waals surface area (Å²) in [7, 11) is 3.94. The van der Waals surface area contributed by atoms with E-state index in [1.165, 1.54) is 18.5 Å². The van der Waals surface area contributed by atoms with Crippen molar-refractivity contribution >= 4 is 34.0 Å². The molecule has 13 heteroatoms. The van der Waals surface area contributed by atoms with Crippen molar-refractivity contribution in [2.75, 3.05) is 57.0 Å². The second kappa shape index (κ2) is 12.9. The fourth-order valence-electron chi connectivity index (χ4n) is 4.65. The number of carbonyl (C=O) groups is 1. The van der Waals surface area contributed by atoms with Crippen LogP contribution in [-0.4, -0.2) is 88.4 Å². The molecule has 0 bridgehead atoms. The first kappa shape index (κ1) is 28.9. The van der Waals surface area contributed by atoms with Gasteiger partial charge >= 0.3 is 6.61 Å². The molecule has 0 atom stereocenters. The molecule has 1 amide bonds. The summed E-state index contributed by atoms with van der Waals surface area (Å²) in [6.45, 7) is 5.05. The molecule has 1 saturated heterocycles. The number of benzene rings is 2. The number of nitrogens with one attached hydrogen (secondary N) is 2. The molecule has 2 N–H and O–H groups in total. The summed E-state index contributed by atoms with van der Waals surface area (Å²) in [6, 6.07) is 10.3. The lowest BCUT2D eigenvalue weighted by Gasteiger charge is -2.32. The molecule has 0 unspecified atom stereocenters. The smallest absolute Gasteiger partial charge is 0.387 e. The second-order valence-electron chi connectivity index (χ2n) is 9.87. The summed E-state index contributed by atoms with van der Waals surface area (Å²) in [4.78, 5) is 25.4. The molecule has 1 fully saturated rings. The highest BCUT2D eigenvalue weighted by molar-refractivity contribution is 6.00. The van der Waals surface area contributed by atoms with Crippen molar-refractivity contribution in [3.05, 3.63) is 61.6 Å². The standard InChI is InChI=1S/C29H32F2N8O3/c1-4-28(40)36-22-14-23(26(42-29(30)31)16-25(22)41-12-11-39-9-7-37(2)8-10-39)35-27-15-21(32-18-33-27)19-5-6-24-20(13-19)17-34-38(24)3/h4-6,13-18,29H,1,7-12H2,2-3H3,(H,36,40)(H,32,33,35). The van der Waals surface area contributed by atoms with Crippen LogP contribution in [0.25, 0.3) is 22.2 Å². The van der Waals surface area contributed by atoms with Crippen molar-refractivity contribution in [3.8, 4) is 22.8 Å². The third kappa shape index (κ3) is 6.98. The Morgan fingerprint density at radius 3 is 2.64 bits per heavy atom. The van der Waals surface area contributed by atoms with Crippen LogP contribution in [0.4, 0.5) is 26.0 Å². The first-order chi connectivity index (χ1) is 20.3. The number of alkyl halides is 2. The summed E-state index contributed by atoms with van der Waals surface area (Å²) in [5.74, 6) is -0.139. The molecule has 3 heterocycles. The number of piperazine rings is 1. The number of amides is 1. The molecule has 2 aromatic heterocycles. The number of aryl methyl sites for hydroxylation is 1. The highest BCUT2D eigenvalue weighted by Gasteiger charge is 2.19. The van der Waals surface area contributed by atoms with E-state index in [2.05, 4.69) is 49.1 Å². The maximum Gasteiger partial charge on any atom is 0.387 e. The number of likely N-dealkylation sites (N-methyl/N-ethyl adjacent to an activating group) is 1. The first-order valence-corrected chi connectivity index (χ1v) is 13.4. The van der Waals surface area contributed by atoms with Crippen molar-refractivity contribution in [2.45, 2.75) is 6.61 Å². The van der Waals surface area contributed by atoms with Crippen LogP contribution in [-0.2, 0) is 11.8 Å². The Kier molecular flexibility index (Phi) is 8.88. The maximum atomic E-state index is 13.5. The minimum absolute atomic E-state index is 0.147. The quantitative estimate of drug-likeness (QED) is 0.254. The monoisotopic (exact) mass is 578 g/mol. The van der Waals surface area contributed by atoms with Crippen LogP contribution in [0.15, 0.2) is 61.6 Å². The van der Waals surface area contributed by atoms with Gasteiger partial charge in [0.25, 0.3) is 0 Å². The van der Waals surface area contributed by atoms with Crippen LogP contribution in [0.3, 0.4) is 0 Å². The van der Waals surface area contributed by atoms with Crippen molar-refractivity contribution < 1.29 is 23.0 Å². The van der Waals surface area contributed by atoms with E-state index in [0.29, 0.717) is 18.1 Å². The number of ether oxygens (including phenoxy) is 2. The second-order valence-corrected chi connectivity index (χ2v) is 9.87. The van der Waals surface area contributed by atoms with Gasteiger partial charge in [0, 0.05) is 62.9 Å². The molecule has 0 aliphatic carbocycles. The van der Waals surface area contributed by atoms with Crippen LogP contribution >= 0.6 is 0 Å². The molecule has 220 valence electrons. The number of hydrogen-bond donors (Lipinski definition) is 2. The van der Waals surface area contributed by atoms with Crippen molar-refractivity contribution in [1.29, 1.82) is 0 Å². The number of nitrogens with zero attached hydrogens (tertiary/aromatic N) is 6. The Balaban J connectivity index is 1.41. The van der Waals surface area contributed by atoms with Gasteiger partial charge in [0.1, 0.15) is 24.5 Å². The van der Waals surface area contributed by atoms with E-state index in [-0.39, 0.29) is 29.5 Å². The van der Waals surface area contributed by atoms with Gasteiger partial charge < -0.3 is 25.0 Å². The number of aromatic nitrogens is 4. The summed E-state index contributed by atoms with van der Waals surface area (Å²) < 4.78 is 39.5. The minimum Gasteiger partial charge on any atom is -0.490 e. The molecule has 1 aliphatic heterocycles. The Bertz CT molecular complexity index is 1570. The zero-order valence-corrected chi connectivity index (χ0v) is 23.4. The van der Waals surface area contributed by atoms with Crippen molar-refractivity contribution in [1.82, 2.24) is 29.5 Å². The summed E-state index contributed by atoms with van der Waals surface area (Å²) >= 11 is 0. The molecular formula is C29H32F2N8O3. The fourth-order valence-corrected chi connectivity index (χ4v) is 4.65. The van der Waals surface area contributed by atoms with Gasteiger partial charge in [-0.2, -0.15) is 13.9 Å². The van der Waals surface area contributed by atoms with Gasteiger partial charge in [0.05, 0.1) is 28.8 Å². The molecule has 2 aromatic carbocycles. The Labute approximate surface area is 241 Å². The normalized spacial score (nSPS) is 14.2. The highest BCUT2D eigenvalue weighted by Crippen LogP contribution is 2.39. The molecule has 4 aromatic rings. The SMILES string of the molecule is C=CC(=O)Nc1cc(Nc2cc(-c3ccc4c(cnn4C)c3)ncn2)c(OC(F)F)cc1OCCN1CCN(C)CC1. The molecule has 42 heavy (non-hydrogen) atoms. The van der Waals surface area contributed by atoms with Gasteiger partial charge in [0.2, 0.25) is 5.91 Å². The van der Waals surface area contributed by atoms with E-state index in [9.17, 15) is 13.6 Å². The predicted octanol–water partition coefficient (Wildman–Crippen LogP) is 4.13. The number of hydrogen-bond acceptors (Lipinski definition) is 9. The zero-order valence-electron chi connectivity index (χ0n) is 23.4. The van der Waals surface area contributed by atoms with Gasteiger partial charge in [-0.3, -0.25) is 14.4 Å². The Hall–Kier alpha value is -4.62.